The van der Waals surface area contributed by atoms with E-state index in [0.717, 1.165) is 55.3 Å². The van der Waals surface area contributed by atoms with Gasteiger partial charge >= 0.3 is 5.97 Å². The molecule has 0 radical (unpaired) electrons. The first kappa shape index (κ1) is 19.4. The summed E-state index contributed by atoms with van der Waals surface area (Å²) in [5, 5.41) is 6.23. The number of benzene rings is 1. The van der Waals surface area contributed by atoms with Gasteiger partial charge in [-0.15, -0.1) is 0 Å². The molecule has 1 aromatic rings. The van der Waals surface area contributed by atoms with Gasteiger partial charge in [0.25, 0.3) is 0 Å². The summed E-state index contributed by atoms with van der Waals surface area (Å²) in [7, 11) is 0. The molecule has 1 aliphatic carbocycles. The number of anilines is 1. The van der Waals surface area contributed by atoms with Gasteiger partial charge in [0, 0.05) is 5.69 Å². The molecule has 138 valence electrons. The van der Waals surface area contributed by atoms with Gasteiger partial charge in [-0.1, -0.05) is 44.9 Å². The summed E-state index contributed by atoms with van der Waals surface area (Å²) in [5.74, 6) is -0.352. The Morgan fingerprint density at radius 3 is 2.20 bits per heavy atom. The summed E-state index contributed by atoms with van der Waals surface area (Å²) in [5.41, 5.74) is 2.48. The summed E-state index contributed by atoms with van der Waals surface area (Å²) in [6.07, 6.45) is 5.14. The van der Waals surface area contributed by atoms with Crippen molar-refractivity contribution in [1.29, 1.82) is 0 Å². The van der Waals surface area contributed by atoms with Gasteiger partial charge in [0.05, 0.1) is 13.2 Å². The van der Waals surface area contributed by atoms with E-state index in [1.807, 2.05) is 18.2 Å². The van der Waals surface area contributed by atoms with Crippen LogP contribution < -0.4 is 10.6 Å². The van der Waals surface area contributed by atoms with Gasteiger partial charge in [0.2, 0.25) is 5.91 Å². The summed E-state index contributed by atoms with van der Waals surface area (Å²) in [4.78, 5) is 24.8. The van der Waals surface area contributed by atoms with E-state index in [4.69, 9.17) is 4.74 Å². The van der Waals surface area contributed by atoms with Crippen LogP contribution in [0.3, 0.4) is 0 Å². The van der Waals surface area contributed by atoms with Crippen LogP contribution >= 0.6 is 0 Å². The van der Waals surface area contributed by atoms with Crippen LogP contribution in [0.15, 0.2) is 18.2 Å². The van der Waals surface area contributed by atoms with Gasteiger partial charge in [-0.25, -0.2) is 0 Å². The topological polar surface area (TPSA) is 67.4 Å². The van der Waals surface area contributed by atoms with E-state index in [1.54, 1.807) is 6.92 Å². The number of amides is 1. The van der Waals surface area contributed by atoms with E-state index < -0.39 is 5.54 Å². The Balaban J connectivity index is 2.04. The molecule has 0 unspecified atom stereocenters. The lowest BCUT2D eigenvalue weighted by molar-refractivity contribution is -0.151. The third kappa shape index (κ3) is 4.60. The molecule has 0 bridgehead atoms. The SMILES string of the molecule is CCOC(=O)C1(NCC(=O)Nc2c(CC)cccc2CC)CCCC1. The lowest BCUT2D eigenvalue weighted by atomic mass is 9.97. The zero-order valence-electron chi connectivity index (χ0n) is 15.6. The highest BCUT2D eigenvalue weighted by Crippen LogP contribution is 2.31. The predicted octanol–water partition coefficient (Wildman–Crippen LogP) is 3.22. The standard InChI is InChI=1S/C20H30N2O3/c1-4-15-10-9-11-16(5-2)18(15)22-17(23)14-21-20(12-7-8-13-20)19(24)25-6-3/h9-11,21H,4-8,12-14H2,1-3H3,(H,22,23). The van der Waals surface area contributed by atoms with E-state index >= 15 is 0 Å². The van der Waals surface area contributed by atoms with Crippen molar-refractivity contribution in [2.45, 2.75) is 64.8 Å². The first-order chi connectivity index (χ1) is 12.1. The first-order valence-electron chi connectivity index (χ1n) is 9.39. The van der Waals surface area contributed by atoms with Gasteiger partial charge in [0.1, 0.15) is 5.54 Å². The number of aryl methyl sites for hydroxylation is 2. The zero-order valence-corrected chi connectivity index (χ0v) is 15.6. The van der Waals surface area contributed by atoms with Gasteiger partial charge in [-0.2, -0.15) is 0 Å². The smallest absolute Gasteiger partial charge is 0.326 e. The number of para-hydroxylation sites is 1. The van der Waals surface area contributed by atoms with Crippen LogP contribution in [0.1, 0.15) is 57.6 Å². The molecule has 5 nitrogen and oxygen atoms in total. The maximum atomic E-state index is 12.5. The number of rotatable bonds is 8. The minimum absolute atomic E-state index is 0.111. The fourth-order valence-electron chi connectivity index (χ4n) is 3.54. The highest BCUT2D eigenvalue weighted by atomic mass is 16.5. The van der Waals surface area contributed by atoms with Crippen molar-refractivity contribution in [3.8, 4) is 0 Å². The van der Waals surface area contributed by atoms with Crippen LogP contribution in [0.4, 0.5) is 5.69 Å². The van der Waals surface area contributed by atoms with Crippen molar-refractivity contribution in [3.63, 3.8) is 0 Å². The number of esters is 1. The molecule has 1 amide bonds. The van der Waals surface area contributed by atoms with Crippen LogP contribution in [0, 0.1) is 0 Å². The lowest BCUT2D eigenvalue weighted by Gasteiger charge is -2.27. The molecular formula is C20H30N2O3. The van der Waals surface area contributed by atoms with Gasteiger partial charge in [0.15, 0.2) is 0 Å². The molecule has 0 saturated heterocycles. The largest absolute Gasteiger partial charge is 0.465 e. The molecular weight excluding hydrogens is 316 g/mol. The second-order valence-corrected chi connectivity index (χ2v) is 6.57. The van der Waals surface area contributed by atoms with Crippen molar-refractivity contribution < 1.29 is 14.3 Å². The average molecular weight is 346 g/mol. The molecule has 0 atom stereocenters. The van der Waals surface area contributed by atoms with E-state index in [-0.39, 0.29) is 18.4 Å². The molecule has 1 aliphatic rings. The van der Waals surface area contributed by atoms with Crippen molar-refractivity contribution in [3.05, 3.63) is 29.3 Å². The van der Waals surface area contributed by atoms with Crippen LogP contribution in [-0.2, 0) is 27.2 Å². The summed E-state index contributed by atoms with van der Waals surface area (Å²) in [6.45, 7) is 6.44. The van der Waals surface area contributed by atoms with Gasteiger partial charge in [-0.05, 0) is 43.7 Å². The van der Waals surface area contributed by atoms with Crippen LogP contribution in [0.5, 0.6) is 0 Å². The Morgan fingerprint density at radius 1 is 1.08 bits per heavy atom. The summed E-state index contributed by atoms with van der Waals surface area (Å²) in [6, 6.07) is 6.11. The molecule has 2 N–H and O–H groups in total. The Morgan fingerprint density at radius 2 is 1.68 bits per heavy atom. The van der Waals surface area contributed by atoms with E-state index in [0.29, 0.717) is 6.61 Å². The Kier molecular flexibility index (Phi) is 7.00. The fraction of sp³-hybridized carbons (Fsp3) is 0.600. The minimum Gasteiger partial charge on any atom is -0.465 e. The van der Waals surface area contributed by atoms with E-state index in [9.17, 15) is 9.59 Å². The van der Waals surface area contributed by atoms with Gasteiger partial charge < -0.3 is 10.1 Å². The van der Waals surface area contributed by atoms with Crippen molar-refractivity contribution in [2.24, 2.45) is 0 Å². The summed E-state index contributed by atoms with van der Waals surface area (Å²) >= 11 is 0. The number of nitrogens with one attached hydrogen (secondary N) is 2. The first-order valence-corrected chi connectivity index (χ1v) is 9.39. The van der Waals surface area contributed by atoms with Crippen molar-refractivity contribution in [2.75, 3.05) is 18.5 Å². The Bertz CT molecular complexity index is 585. The summed E-state index contributed by atoms with van der Waals surface area (Å²) < 4.78 is 5.22. The maximum Gasteiger partial charge on any atom is 0.326 e. The van der Waals surface area contributed by atoms with Crippen LogP contribution in [0.2, 0.25) is 0 Å². The molecule has 25 heavy (non-hydrogen) atoms. The molecule has 0 spiro atoms. The molecule has 0 aliphatic heterocycles. The highest BCUT2D eigenvalue weighted by Gasteiger charge is 2.42. The third-order valence-electron chi connectivity index (χ3n) is 4.97. The average Bonchev–Trinajstić information content (AvgIpc) is 3.10. The third-order valence-corrected chi connectivity index (χ3v) is 4.97. The van der Waals surface area contributed by atoms with Crippen molar-refractivity contribution >= 4 is 17.6 Å². The van der Waals surface area contributed by atoms with E-state index in [1.165, 1.54) is 0 Å². The van der Waals surface area contributed by atoms with Crippen molar-refractivity contribution in [1.82, 2.24) is 5.32 Å². The Labute approximate surface area is 150 Å². The molecule has 1 saturated carbocycles. The fourth-order valence-corrected chi connectivity index (χ4v) is 3.54. The number of carbonyl (C=O) groups is 2. The van der Waals surface area contributed by atoms with Crippen LogP contribution in [-0.4, -0.2) is 30.6 Å². The molecule has 0 aromatic heterocycles. The molecule has 1 fully saturated rings. The molecule has 5 heteroatoms. The second kappa shape index (κ2) is 8.99. The zero-order chi connectivity index (χ0) is 18.3. The molecule has 2 rings (SSSR count). The van der Waals surface area contributed by atoms with E-state index in [2.05, 4.69) is 24.5 Å². The molecule has 0 heterocycles. The highest BCUT2D eigenvalue weighted by molar-refractivity contribution is 5.94. The predicted molar refractivity (Wildman–Crippen MR) is 99.7 cm³/mol. The lowest BCUT2D eigenvalue weighted by Crippen LogP contribution is -2.53. The maximum absolute atomic E-state index is 12.5. The monoisotopic (exact) mass is 346 g/mol. The number of hydrogen-bond donors (Lipinski definition) is 2. The number of ether oxygens (including phenoxy) is 1. The number of carbonyl (C=O) groups excluding carboxylic acids is 2. The molecule has 1 aromatic carbocycles. The van der Waals surface area contributed by atoms with Gasteiger partial charge in [-0.3, -0.25) is 14.9 Å². The Hall–Kier alpha value is -1.88. The second-order valence-electron chi connectivity index (χ2n) is 6.57. The number of hydrogen-bond acceptors (Lipinski definition) is 4. The minimum atomic E-state index is -0.703. The van der Waals surface area contributed by atoms with Crippen LogP contribution in [0.25, 0.3) is 0 Å². The quantitative estimate of drug-likeness (QED) is 0.709. The normalized spacial score (nSPS) is 15.8.